The van der Waals surface area contributed by atoms with E-state index in [9.17, 15) is 5.11 Å². The summed E-state index contributed by atoms with van der Waals surface area (Å²) in [6.07, 6.45) is 3.27. The number of benzene rings is 1. The number of likely N-dealkylation sites (N-methyl/N-ethyl adjacent to an activating group) is 1. The summed E-state index contributed by atoms with van der Waals surface area (Å²) in [7, 11) is 2.05. The molecule has 0 saturated carbocycles. The van der Waals surface area contributed by atoms with Crippen molar-refractivity contribution in [2.45, 2.75) is 44.9 Å². The third-order valence-electron chi connectivity index (χ3n) is 3.68. The SMILES string of the molecule is CNC1CCc2cc(CNCC(C)O)ccc2C1. The molecule has 0 radical (unpaired) electrons. The van der Waals surface area contributed by atoms with Gasteiger partial charge in [0.25, 0.3) is 0 Å². The first-order valence-corrected chi connectivity index (χ1v) is 6.85. The molecule has 3 N–H and O–H groups in total. The van der Waals surface area contributed by atoms with E-state index in [0.717, 1.165) is 13.0 Å². The monoisotopic (exact) mass is 248 g/mol. The molecule has 100 valence electrons. The number of aliphatic hydroxyl groups is 1. The molecular weight excluding hydrogens is 224 g/mol. The fraction of sp³-hybridized carbons (Fsp3) is 0.600. The van der Waals surface area contributed by atoms with Crippen LogP contribution in [-0.2, 0) is 19.4 Å². The van der Waals surface area contributed by atoms with E-state index >= 15 is 0 Å². The van der Waals surface area contributed by atoms with E-state index in [1.807, 2.05) is 7.05 Å². The zero-order chi connectivity index (χ0) is 13.0. The summed E-state index contributed by atoms with van der Waals surface area (Å²) in [6, 6.07) is 7.41. The summed E-state index contributed by atoms with van der Waals surface area (Å²) in [5.41, 5.74) is 4.30. The lowest BCUT2D eigenvalue weighted by Gasteiger charge is -2.24. The van der Waals surface area contributed by atoms with E-state index in [4.69, 9.17) is 0 Å². The van der Waals surface area contributed by atoms with Gasteiger partial charge in [-0.2, -0.15) is 0 Å². The minimum atomic E-state index is -0.279. The van der Waals surface area contributed by atoms with Crippen molar-refractivity contribution in [2.24, 2.45) is 0 Å². The summed E-state index contributed by atoms with van der Waals surface area (Å²) < 4.78 is 0. The Hall–Kier alpha value is -0.900. The second-order valence-electron chi connectivity index (χ2n) is 5.31. The summed E-state index contributed by atoms with van der Waals surface area (Å²) in [6.45, 7) is 3.30. The van der Waals surface area contributed by atoms with Gasteiger partial charge in [-0.15, -0.1) is 0 Å². The zero-order valence-corrected chi connectivity index (χ0v) is 11.4. The molecule has 18 heavy (non-hydrogen) atoms. The van der Waals surface area contributed by atoms with Gasteiger partial charge in [0.1, 0.15) is 0 Å². The molecule has 3 nitrogen and oxygen atoms in total. The lowest BCUT2D eigenvalue weighted by Crippen LogP contribution is -2.31. The summed E-state index contributed by atoms with van der Waals surface area (Å²) in [5, 5.41) is 15.8. The molecule has 0 aromatic heterocycles. The molecule has 0 bridgehead atoms. The third kappa shape index (κ3) is 3.55. The highest BCUT2D eigenvalue weighted by Gasteiger charge is 2.16. The van der Waals surface area contributed by atoms with Crippen molar-refractivity contribution in [1.29, 1.82) is 0 Å². The first-order chi connectivity index (χ1) is 8.69. The molecule has 0 fully saturated rings. The van der Waals surface area contributed by atoms with Crippen LogP contribution in [-0.4, -0.2) is 30.8 Å². The Morgan fingerprint density at radius 1 is 1.39 bits per heavy atom. The topological polar surface area (TPSA) is 44.3 Å². The van der Waals surface area contributed by atoms with Gasteiger partial charge in [0, 0.05) is 19.1 Å². The van der Waals surface area contributed by atoms with E-state index in [0.29, 0.717) is 12.6 Å². The average Bonchev–Trinajstić information content (AvgIpc) is 2.37. The molecule has 1 aliphatic rings. The van der Waals surface area contributed by atoms with Crippen molar-refractivity contribution in [1.82, 2.24) is 10.6 Å². The van der Waals surface area contributed by atoms with Crippen molar-refractivity contribution in [3.05, 3.63) is 34.9 Å². The number of hydrogen-bond donors (Lipinski definition) is 3. The molecule has 0 saturated heterocycles. The molecule has 0 spiro atoms. The number of fused-ring (bicyclic) bond motifs is 1. The summed E-state index contributed by atoms with van der Waals surface area (Å²) in [5.74, 6) is 0. The summed E-state index contributed by atoms with van der Waals surface area (Å²) >= 11 is 0. The number of aliphatic hydroxyl groups excluding tert-OH is 1. The molecule has 0 amide bonds. The molecule has 2 atom stereocenters. The zero-order valence-electron chi connectivity index (χ0n) is 11.4. The average molecular weight is 248 g/mol. The van der Waals surface area contributed by atoms with Crippen molar-refractivity contribution in [2.75, 3.05) is 13.6 Å². The maximum absolute atomic E-state index is 9.21. The van der Waals surface area contributed by atoms with Gasteiger partial charge in [0.2, 0.25) is 0 Å². The van der Waals surface area contributed by atoms with Crippen LogP contribution < -0.4 is 10.6 Å². The van der Waals surface area contributed by atoms with E-state index in [2.05, 4.69) is 28.8 Å². The van der Waals surface area contributed by atoms with Gasteiger partial charge in [-0.05, 0) is 49.9 Å². The van der Waals surface area contributed by atoms with E-state index in [1.54, 1.807) is 6.92 Å². The van der Waals surface area contributed by atoms with Crippen LogP contribution in [0.15, 0.2) is 18.2 Å². The maximum Gasteiger partial charge on any atom is 0.0636 e. The first kappa shape index (κ1) is 13.5. The molecule has 2 rings (SSSR count). The van der Waals surface area contributed by atoms with Crippen molar-refractivity contribution >= 4 is 0 Å². The predicted octanol–water partition coefficient (Wildman–Crippen LogP) is 1.23. The number of aryl methyl sites for hydroxylation is 1. The maximum atomic E-state index is 9.21. The van der Waals surface area contributed by atoms with Gasteiger partial charge in [0.05, 0.1) is 6.10 Å². The van der Waals surface area contributed by atoms with Crippen LogP contribution in [0.2, 0.25) is 0 Å². The fourth-order valence-electron chi connectivity index (χ4n) is 2.59. The van der Waals surface area contributed by atoms with Crippen LogP contribution in [0.5, 0.6) is 0 Å². The van der Waals surface area contributed by atoms with Crippen LogP contribution in [0.4, 0.5) is 0 Å². The molecule has 0 heterocycles. The van der Waals surface area contributed by atoms with Crippen LogP contribution in [0, 0.1) is 0 Å². The predicted molar refractivity (Wildman–Crippen MR) is 74.7 cm³/mol. The van der Waals surface area contributed by atoms with Crippen LogP contribution in [0.25, 0.3) is 0 Å². The second-order valence-corrected chi connectivity index (χ2v) is 5.31. The highest BCUT2D eigenvalue weighted by molar-refractivity contribution is 5.34. The van der Waals surface area contributed by atoms with Crippen molar-refractivity contribution in [3.63, 3.8) is 0 Å². The Morgan fingerprint density at radius 2 is 2.22 bits per heavy atom. The third-order valence-corrected chi connectivity index (χ3v) is 3.68. The Labute approximate surface area is 110 Å². The lowest BCUT2D eigenvalue weighted by atomic mass is 9.87. The Balaban J connectivity index is 1.96. The largest absolute Gasteiger partial charge is 0.392 e. The quantitative estimate of drug-likeness (QED) is 0.734. The minimum absolute atomic E-state index is 0.279. The van der Waals surface area contributed by atoms with E-state index in [-0.39, 0.29) is 6.10 Å². The van der Waals surface area contributed by atoms with Gasteiger partial charge in [-0.25, -0.2) is 0 Å². The molecule has 1 aromatic carbocycles. The smallest absolute Gasteiger partial charge is 0.0636 e. The minimum Gasteiger partial charge on any atom is -0.392 e. The second kappa shape index (κ2) is 6.32. The molecule has 1 aliphatic carbocycles. The highest BCUT2D eigenvalue weighted by Crippen LogP contribution is 2.22. The number of nitrogens with one attached hydrogen (secondary N) is 2. The van der Waals surface area contributed by atoms with Crippen molar-refractivity contribution in [3.8, 4) is 0 Å². The highest BCUT2D eigenvalue weighted by atomic mass is 16.3. The molecule has 1 aromatic rings. The van der Waals surface area contributed by atoms with Crippen LogP contribution in [0.3, 0.4) is 0 Å². The molecular formula is C15H24N2O. The molecule has 0 aliphatic heterocycles. The first-order valence-electron chi connectivity index (χ1n) is 6.85. The summed E-state index contributed by atoms with van der Waals surface area (Å²) in [4.78, 5) is 0. The Kier molecular flexibility index (Phi) is 4.75. The lowest BCUT2D eigenvalue weighted by molar-refractivity contribution is 0.191. The number of rotatable bonds is 5. The molecule has 2 unspecified atom stereocenters. The standard InChI is InChI=1S/C15H24N2O/c1-11(18)9-17-10-12-3-4-14-8-15(16-2)6-5-13(14)7-12/h3-4,7,11,15-18H,5-6,8-10H2,1-2H3. The van der Waals surface area contributed by atoms with Gasteiger partial charge >= 0.3 is 0 Å². The Morgan fingerprint density at radius 3 is 2.94 bits per heavy atom. The molecule has 3 heteroatoms. The van der Waals surface area contributed by atoms with Crippen LogP contribution >= 0.6 is 0 Å². The van der Waals surface area contributed by atoms with Crippen molar-refractivity contribution < 1.29 is 5.11 Å². The van der Waals surface area contributed by atoms with Crippen LogP contribution in [0.1, 0.15) is 30.0 Å². The van der Waals surface area contributed by atoms with Gasteiger partial charge in [-0.3, -0.25) is 0 Å². The van der Waals surface area contributed by atoms with Gasteiger partial charge < -0.3 is 15.7 Å². The number of hydrogen-bond acceptors (Lipinski definition) is 3. The van der Waals surface area contributed by atoms with Gasteiger partial charge in [-0.1, -0.05) is 18.2 Å². The Bertz CT molecular complexity index is 390. The van der Waals surface area contributed by atoms with Gasteiger partial charge in [0.15, 0.2) is 0 Å². The fourth-order valence-corrected chi connectivity index (χ4v) is 2.59. The van der Waals surface area contributed by atoms with E-state index in [1.165, 1.54) is 29.5 Å². The van der Waals surface area contributed by atoms with E-state index < -0.39 is 0 Å². The normalized spacial score (nSPS) is 20.5.